The normalized spacial score (nSPS) is 24.7. The van der Waals surface area contributed by atoms with Crippen LogP contribution in [0.3, 0.4) is 0 Å². The molecule has 1 aromatic carbocycles. The zero-order chi connectivity index (χ0) is 13.5. The summed E-state index contributed by atoms with van der Waals surface area (Å²) >= 11 is 1.68. The molecule has 4 rings (SSSR count). The van der Waals surface area contributed by atoms with Gasteiger partial charge in [0.25, 0.3) is 5.91 Å². The molecule has 2 N–H and O–H groups in total. The number of rotatable bonds is 1. The molecule has 0 aliphatic carbocycles. The molecule has 0 spiro atoms. The fraction of sp³-hybridized carbons (Fsp3) is 0.312. The van der Waals surface area contributed by atoms with Gasteiger partial charge >= 0.3 is 0 Å². The first-order valence-corrected chi connectivity index (χ1v) is 7.92. The molecule has 0 bridgehead atoms. The molecule has 0 unspecified atom stereocenters. The van der Waals surface area contributed by atoms with E-state index in [1.54, 1.807) is 11.3 Å². The number of nitrogens with one attached hydrogen (secondary N) is 2. The summed E-state index contributed by atoms with van der Waals surface area (Å²) in [6.07, 6.45) is 0. The number of fused-ring (bicyclic) bond motifs is 3. The highest BCUT2D eigenvalue weighted by Gasteiger charge is 2.34. The largest absolute Gasteiger partial charge is 0.352 e. The Labute approximate surface area is 122 Å². The van der Waals surface area contributed by atoms with E-state index in [9.17, 15) is 4.79 Å². The monoisotopic (exact) mass is 284 g/mol. The number of carbonyl (C=O) groups excluding carboxylic acids is 1. The molecular weight excluding hydrogens is 268 g/mol. The summed E-state index contributed by atoms with van der Waals surface area (Å²) in [5, 5.41) is 10.7. The predicted molar refractivity (Wildman–Crippen MR) is 81.2 cm³/mol. The Morgan fingerprint density at radius 2 is 2.05 bits per heavy atom. The summed E-state index contributed by atoms with van der Waals surface area (Å²) in [5.41, 5.74) is 4.37. The summed E-state index contributed by atoms with van der Waals surface area (Å²) in [5.74, 6) is 1.05. The van der Waals surface area contributed by atoms with E-state index in [1.165, 1.54) is 11.1 Å². The van der Waals surface area contributed by atoms with Gasteiger partial charge in [0.1, 0.15) is 0 Å². The molecule has 2 atom stereocenters. The van der Waals surface area contributed by atoms with Crippen molar-refractivity contribution < 1.29 is 4.79 Å². The molecule has 3 nitrogen and oxygen atoms in total. The van der Waals surface area contributed by atoms with E-state index in [-0.39, 0.29) is 5.91 Å². The average molecular weight is 284 g/mol. The lowest BCUT2D eigenvalue weighted by molar-refractivity contribution is 0.0952. The van der Waals surface area contributed by atoms with Crippen molar-refractivity contribution in [1.29, 1.82) is 0 Å². The third-order valence-electron chi connectivity index (χ3n) is 4.42. The minimum atomic E-state index is 0.0754. The van der Waals surface area contributed by atoms with Crippen molar-refractivity contribution in [1.82, 2.24) is 10.6 Å². The second-order valence-electron chi connectivity index (χ2n) is 5.55. The molecular formula is C16H16N2OS. The van der Waals surface area contributed by atoms with Gasteiger partial charge in [-0.3, -0.25) is 4.79 Å². The maximum atomic E-state index is 12.3. The van der Waals surface area contributed by atoms with Crippen molar-refractivity contribution in [3.8, 4) is 11.1 Å². The molecule has 1 amide bonds. The molecule has 20 heavy (non-hydrogen) atoms. The first-order valence-electron chi connectivity index (χ1n) is 6.98. The quantitative estimate of drug-likeness (QED) is 0.844. The molecule has 2 aliphatic rings. The fourth-order valence-corrected chi connectivity index (χ4v) is 3.98. The number of amides is 1. The first kappa shape index (κ1) is 12.1. The minimum Gasteiger partial charge on any atom is -0.352 e. The van der Waals surface area contributed by atoms with E-state index in [4.69, 9.17) is 0 Å². The lowest BCUT2D eigenvalue weighted by atomic mass is 9.86. The molecule has 4 heteroatoms. The highest BCUT2D eigenvalue weighted by Crippen LogP contribution is 2.34. The third kappa shape index (κ3) is 1.87. The second kappa shape index (κ2) is 4.72. The maximum Gasteiger partial charge on any atom is 0.251 e. The van der Waals surface area contributed by atoms with Crippen LogP contribution in [0, 0.1) is 5.92 Å². The molecule has 102 valence electrons. The average Bonchev–Trinajstić information content (AvgIpc) is 3.13. The van der Waals surface area contributed by atoms with Crippen LogP contribution in [0.25, 0.3) is 11.1 Å². The number of hydrogen-bond acceptors (Lipinski definition) is 3. The van der Waals surface area contributed by atoms with Gasteiger partial charge in [-0.25, -0.2) is 0 Å². The third-order valence-corrected chi connectivity index (χ3v) is 5.10. The Kier molecular flexibility index (Phi) is 2.86. The molecule has 2 aliphatic heterocycles. The van der Waals surface area contributed by atoms with Crippen LogP contribution >= 0.6 is 11.3 Å². The first-order chi connectivity index (χ1) is 9.83. The van der Waals surface area contributed by atoms with Crippen LogP contribution in [0.5, 0.6) is 0 Å². The van der Waals surface area contributed by atoms with Crippen LogP contribution in [0.4, 0.5) is 0 Å². The predicted octanol–water partition coefficient (Wildman–Crippen LogP) is 2.46. The topological polar surface area (TPSA) is 41.1 Å². The smallest absolute Gasteiger partial charge is 0.251 e. The summed E-state index contributed by atoms with van der Waals surface area (Å²) in [4.78, 5) is 12.3. The Morgan fingerprint density at radius 1 is 1.10 bits per heavy atom. The Morgan fingerprint density at radius 3 is 2.90 bits per heavy atom. The van der Waals surface area contributed by atoms with Crippen molar-refractivity contribution in [2.24, 2.45) is 5.92 Å². The van der Waals surface area contributed by atoms with E-state index in [0.717, 1.165) is 30.8 Å². The fourth-order valence-electron chi connectivity index (χ4n) is 3.32. The SMILES string of the molecule is O=C1NC[C@@H]2CNC[C@H]2c2ccc(-c3ccsc3)cc21. The molecule has 0 saturated carbocycles. The summed E-state index contributed by atoms with van der Waals surface area (Å²) in [6.45, 7) is 2.75. The van der Waals surface area contributed by atoms with Gasteiger partial charge in [0, 0.05) is 31.1 Å². The molecule has 1 aromatic heterocycles. The maximum absolute atomic E-state index is 12.3. The van der Waals surface area contributed by atoms with E-state index < -0.39 is 0 Å². The lowest BCUT2D eigenvalue weighted by Gasteiger charge is -2.16. The number of carbonyl (C=O) groups is 1. The standard InChI is InChI=1S/C16H16N2OS/c19-16-14-5-10(11-3-4-20-9-11)1-2-13(14)15-8-17-6-12(15)7-18-16/h1-5,9,12,15,17H,6-8H2,(H,18,19)/t12-,15+/m0/s1. The summed E-state index contributed by atoms with van der Waals surface area (Å²) < 4.78 is 0. The highest BCUT2D eigenvalue weighted by atomic mass is 32.1. The molecule has 3 heterocycles. The van der Waals surface area contributed by atoms with Crippen LogP contribution in [0.15, 0.2) is 35.0 Å². The van der Waals surface area contributed by atoms with Crippen molar-refractivity contribution in [2.75, 3.05) is 19.6 Å². The van der Waals surface area contributed by atoms with Crippen LogP contribution in [-0.2, 0) is 0 Å². The summed E-state index contributed by atoms with van der Waals surface area (Å²) in [7, 11) is 0. The van der Waals surface area contributed by atoms with Gasteiger partial charge in [0.2, 0.25) is 0 Å². The molecule has 0 radical (unpaired) electrons. The second-order valence-corrected chi connectivity index (χ2v) is 6.33. The van der Waals surface area contributed by atoms with Crippen LogP contribution in [-0.4, -0.2) is 25.5 Å². The van der Waals surface area contributed by atoms with Gasteiger partial charge in [-0.05, 0) is 45.5 Å². The van der Waals surface area contributed by atoms with Gasteiger partial charge in [0.05, 0.1) is 0 Å². The number of thiophene rings is 1. The van der Waals surface area contributed by atoms with Crippen molar-refractivity contribution in [2.45, 2.75) is 5.92 Å². The Bertz CT molecular complexity index is 651. The number of benzene rings is 1. The van der Waals surface area contributed by atoms with Crippen LogP contribution in [0.2, 0.25) is 0 Å². The van der Waals surface area contributed by atoms with E-state index in [1.807, 2.05) is 6.07 Å². The Hall–Kier alpha value is -1.65. The lowest BCUT2D eigenvalue weighted by Crippen LogP contribution is -2.28. The van der Waals surface area contributed by atoms with Crippen molar-refractivity contribution in [3.05, 3.63) is 46.2 Å². The van der Waals surface area contributed by atoms with Crippen molar-refractivity contribution in [3.63, 3.8) is 0 Å². The van der Waals surface area contributed by atoms with Crippen molar-refractivity contribution >= 4 is 17.2 Å². The van der Waals surface area contributed by atoms with E-state index in [0.29, 0.717) is 11.8 Å². The highest BCUT2D eigenvalue weighted by molar-refractivity contribution is 7.08. The van der Waals surface area contributed by atoms with Gasteiger partial charge < -0.3 is 10.6 Å². The van der Waals surface area contributed by atoms with Gasteiger partial charge in [-0.1, -0.05) is 12.1 Å². The van der Waals surface area contributed by atoms with Gasteiger partial charge in [-0.15, -0.1) is 0 Å². The zero-order valence-electron chi connectivity index (χ0n) is 11.1. The minimum absolute atomic E-state index is 0.0754. The van der Waals surface area contributed by atoms with Crippen LogP contribution < -0.4 is 10.6 Å². The van der Waals surface area contributed by atoms with E-state index in [2.05, 4.69) is 39.6 Å². The van der Waals surface area contributed by atoms with E-state index >= 15 is 0 Å². The van der Waals surface area contributed by atoms with Crippen LogP contribution in [0.1, 0.15) is 21.8 Å². The molecule has 2 aromatic rings. The van der Waals surface area contributed by atoms with Gasteiger partial charge in [-0.2, -0.15) is 11.3 Å². The number of hydrogen-bond donors (Lipinski definition) is 2. The zero-order valence-corrected chi connectivity index (χ0v) is 11.9. The molecule has 1 saturated heterocycles. The summed E-state index contributed by atoms with van der Waals surface area (Å²) in [6, 6.07) is 8.45. The van der Waals surface area contributed by atoms with Gasteiger partial charge in [0.15, 0.2) is 0 Å². The molecule has 1 fully saturated rings. The Balaban J connectivity index is 1.83.